The van der Waals surface area contributed by atoms with Crippen LogP contribution in [0.25, 0.3) is 0 Å². The molecule has 1 aliphatic heterocycles. The maximum absolute atomic E-state index is 11.1. The van der Waals surface area contributed by atoms with Gasteiger partial charge in [-0.2, -0.15) is 0 Å². The second kappa shape index (κ2) is 3.61. The highest BCUT2D eigenvalue weighted by Crippen LogP contribution is 2.37. The molecule has 0 bridgehead atoms. The topological polar surface area (TPSA) is 55.1 Å². The summed E-state index contributed by atoms with van der Waals surface area (Å²) in [6, 6.07) is 0. The Bertz CT molecular complexity index is 421. The van der Waals surface area contributed by atoms with Crippen molar-refractivity contribution in [1.82, 2.24) is 9.55 Å². The number of aliphatic carboxylic acids is 1. The van der Waals surface area contributed by atoms with Gasteiger partial charge in [0, 0.05) is 18.7 Å². The molecule has 1 N–H and O–H groups in total. The number of carbonyl (C=O) groups is 1. The van der Waals surface area contributed by atoms with Crippen LogP contribution in [0.5, 0.6) is 0 Å². The molecule has 1 atom stereocenters. The maximum atomic E-state index is 11.1. The summed E-state index contributed by atoms with van der Waals surface area (Å²) in [5.74, 6) is 0.252. The molecular weight excluding hydrogens is 204 g/mol. The fourth-order valence-corrected chi connectivity index (χ4v) is 2.64. The number of imidazole rings is 1. The molecule has 3 rings (SSSR count). The highest BCUT2D eigenvalue weighted by molar-refractivity contribution is 5.75. The standard InChI is InChI=1S/C12H16N2O2/c15-12(16)9-5-2-6-14-7-10(13-11(9)14)8-3-1-4-8/h7-9H,1-6H2,(H,15,16). The summed E-state index contributed by atoms with van der Waals surface area (Å²) in [6.07, 6.45) is 7.48. The fourth-order valence-electron chi connectivity index (χ4n) is 2.64. The van der Waals surface area contributed by atoms with Crippen molar-refractivity contribution in [2.45, 2.75) is 50.5 Å². The summed E-state index contributed by atoms with van der Waals surface area (Å²) in [6.45, 7) is 0.929. The zero-order valence-electron chi connectivity index (χ0n) is 9.22. The Morgan fingerprint density at radius 1 is 1.38 bits per heavy atom. The van der Waals surface area contributed by atoms with E-state index in [0.717, 1.165) is 30.9 Å². The summed E-state index contributed by atoms with van der Waals surface area (Å²) in [4.78, 5) is 15.7. The van der Waals surface area contributed by atoms with E-state index in [2.05, 4.69) is 15.7 Å². The number of rotatable bonds is 2. The predicted molar refractivity (Wildman–Crippen MR) is 58.4 cm³/mol. The molecule has 1 aliphatic carbocycles. The summed E-state index contributed by atoms with van der Waals surface area (Å²) < 4.78 is 2.05. The molecule has 4 heteroatoms. The molecule has 4 nitrogen and oxygen atoms in total. The lowest BCUT2D eigenvalue weighted by Crippen LogP contribution is -2.22. The van der Waals surface area contributed by atoms with Gasteiger partial charge in [-0.15, -0.1) is 0 Å². The van der Waals surface area contributed by atoms with Gasteiger partial charge in [-0.25, -0.2) is 4.98 Å². The van der Waals surface area contributed by atoms with Crippen molar-refractivity contribution in [1.29, 1.82) is 0 Å². The second-order valence-electron chi connectivity index (χ2n) is 4.88. The molecule has 1 aromatic rings. The van der Waals surface area contributed by atoms with Crippen LogP contribution in [0.15, 0.2) is 6.20 Å². The number of aryl methyl sites for hydroxylation is 1. The smallest absolute Gasteiger partial charge is 0.314 e. The van der Waals surface area contributed by atoms with Gasteiger partial charge in [0.2, 0.25) is 0 Å². The first-order valence-electron chi connectivity index (χ1n) is 6.05. The lowest BCUT2D eigenvalue weighted by Gasteiger charge is -2.22. The van der Waals surface area contributed by atoms with Gasteiger partial charge >= 0.3 is 5.97 Å². The van der Waals surface area contributed by atoms with Crippen LogP contribution in [0.1, 0.15) is 55.5 Å². The molecule has 0 amide bonds. The van der Waals surface area contributed by atoms with E-state index >= 15 is 0 Å². The van der Waals surface area contributed by atoms with Crippen molar-refractivity contribution >= 4 is 5.97 Å². The summed E-state index contributed by atoms with van der Waals surface area (Å²) in [5.41, 5.74) is 1.12. The molecule has 86 valence electrons. The van der Waals surface area contributed by atoms with E-state index in [1.165, 1.54) is 19.3 Å². The van der Waals surface area contributed by atoms with E-state index in [9.17, 15) is 4.79 Å². The van der Waals surface area contributed by atoms with Gasteiger partial charge < -0.3 is 9.67 Å². The Labute approximate surface area is 94.3 Å². The molecule has 0 spiro atoms. The number of nitrogens with zero attached hydrogens (tertiary/aromatic N) is 2. The van der Waals surface area contributed by atoms with E-state index in [1.54, 1.807) is 0 Å². The zero-order valence-corrected chi connectivity index (χ0v) is 9.22. The molecule has 1 unspecified atom stereocenters. The van der Waals surface area contributed by atoms with Crippen LogP contribution < -0.4 is 0 Å². The van der Waals surface area contributed by atoms with Crippen LogP contribution in [0.4, 0.5) is 0 Å². The Kier molecular flexibility index (Phi) is 2.23. The van der Waals surface area contributed by atoms with Crippen LogP contribution in [0, 0.1) is 0 Å². The molecular formula is C12H16N2O2. The molecule has 1 aromatic heterocycles. The molecule has 2 heterocycles. The SMILES string of the molecule is O=C(O)C1CCCn2cc(C3CCC3)nc21. The van der Waals surface area contributed by atoms with Crippen LogP contribution in [-0.4, -0.2) is 20.6 Å². The van der Waals surface area contributed by atoms with Crippen molar-refractivity contribution in [3.05, 3.63) is 17.7 Å². The van der Waals surface area contributed by atoms with Crippen LogP contribution >= 0.6 is 0 Å². The van der Waals surface area contributed by atoms with Gasteiger partial charge in [-0.1, -0.05) is 6.42 Å². The first kappa shape index (κ1) is 9.87. The number of hydrogen-bond acceptors (Lipinski definition) is 2. The molecule has 0 aromatic carbocycles. The molecule has 16 heavy (non-hydrogen) atoms. The van der Waals surface area contributed by atoms with Gasteiger partial charge in [-0.05, 0) is 25.7 Å². The van der Waals surface area contributed by atoms with E-state index in [1.807, 2.05) is 0 Å². The number of aromatic nitrogens is 2. The van der Waals surface area contributed by atoms with Gasteiger partial charge in [-0.3, -0.25) is 4.79 Å². The third-order valence-electron chi connectivity index (χ3n) is 3.85. The van der Waals surface area contributed by atoms with Crippen molar-refractivity contribution in [3.8, 4) is 0 Å². The number of carboxylic acids is 1. The number of carboxylic acid groups (broad SMARTS) is 1. The monoisotopic (exact) mass is 220 g/mol. The third kappa shape index (κ3) is 1.44. The highest BCUT2D eigenvalue weighted by atomic mass is 16.4. The van der Waals surface area contributed by atoms with E-state index < -0.39 is 5.97 Å². The average molecular weight is 220 g/mol. The lowest BCUT2D eigenvalue weighted by atomic mass is 9.83. The highest BCUT2D eigenvalue weighted by Gasteiger charge is 2.31. The van der Waals surface area contributed by atoms with E-state index in [0.29, 0.717) is 5.92 Å². The summed E-state index contributed by atoms with van der Waals surface area (Å²) in [7, 11) is 0. The largest absolute Gasteiger partial charge is 0.481 e. The average Bonchev–Trinajstić information content (AvgIpc) is 2.56. The number of hydrogen-bond donors (Lipinski definition) is 1. The first-order valence-corrected chi connectivity index (χ1v) is 6.05. The predicted octanol–water partition coefficient (Wildman–Crippen LogP) is 2.11. The molecule has 0 radical (unpaired) electrons. The second-order valence-corrected chi connectivity index (χ2v) is 4.88. The molecule has 0 saturated heterocycles. The summed E-state index contributed by atoms with van der Waals surface area (Å²) in [5, 5.41) is 9.15. The quantitative estimate of drug-likeness (QED) is 0.830. The van der Waals surface area contributed by atoms with E-state index in [-0.39, 0.29) is 5.92 Å². The fraction of sp³-hybridized carbons (Fsp3) is 0.667. The van der Waals surface area contributed by atoms with Crippen molar-refractivity contribution in [3.63, 3.8) is 0 Å². The van der Waals surface area contributed by atoms with Crippen molar-refractivity contribution < 1.29 is 9.90 Å². The normalized spacial score (nSPS) is 24.9. The van der Waals surface area contributed by atoms with Gasteiger partial charge in [0.25, 0.3) is 0 Å². The first-order chi connectivity index (χ1) is 7.75. The van der Waals surface area contributed by atoms with Gasteiger partial charge in [0.1, 0.15) is 11.7 Å². The maximum Gasteiger partial charge on any atom is 0.314 e. The minimum atomic E-state index is -0.730. The van der Waals surface area contributed by atoms with Gasteiger partial charge in [0.15, 0.2) is 0 Å². The minimum absolute atomic E-state index is 0.387. The zero-order chi connectivity index (χ0) is 11.1. The van der Waals surface area contributed by atoms with Crippen LogP contribution in [-0.2, 0) is 11.3 Å². The lowest BCUT2D eigenvalue weighted by molar-refractivity contribution is -0.139. The van der Waals surface area contributed by atoms with Crippen LogP contribution in [0.3, 0.4) is 0 Å². The van der Waals surface area contributed by atoms with E-state index in [4.69, 9.17) is 5.11 Å². The minimum Gasteiger partial charge on any atom is -0.481 e. The van der Waals surface area contributed by atoms with Crippen LogP contribution in [0.2, 0.25) is 0 Å². The van der Waals surface area contributed by atoms with Gasteiger partial charge in [0.05, 0.1) is 5.69 Å². The van der Waals surface area contributed by atoms with Crippen molar-refractivity contribution in [2.75, 3.05) is 0 Å². The Morgan fingerprint density at radius 3 is 2.81 bits per heavy atom. The Balaban J connectivity index is 1.94. The number of fused-ring (bicyclic) bond motifs is 1. The molecule has 2 aliphatic rings. The molecule has 1 fully saturated rings. The summed E-state index contributed by atoms with van der Waals surface area (Å²) >= 11 is 0. The third-order valence-corrected chi connectivity index (χ3v) is 3.85. The van der Waals surface area contributed by atoms with Crippen molar-refractivity contribution in [2.24, 2.45) is 0 Å². The molecule has 1 saturated carbocycles. The Morgan fingerprint density at radius 2 is 2.19 bits per heavy atom. The Hall–Kier alpha value is -1.32.